The number of aliphatic carboxylic acids is 1. The molecule has 8 heteroatoms. The van der Waals surface area contributed by atoms with Crippen molar-refractivity contribution in [3.8, 4) is 0 Å². The third-order valence-electron chi connectivity index (χ3n) is 4.03. The lowest BCUT2D eigenvalue weighted by Gasteiger charge is -2.31. The van der Waals surface area contributed by atoms with Gasteiger partial charge < -0.3 is 15.7 Å². The second-order valence-electron chi connectivity index (χ2n) is 5.76. The Morgan fingerprint density at radius 2 is 2.05 bits per heavy atom. The summed E-state index contributed by atoms with van der Waals surface area (Å²) in [4.78, 5) is 22.6. The number of nitrogens with one attached hydrogen (secondary N) is 2. The smallest absolute Gasteiger partial charge is 0.422 e. The number of carbonyl (C=O) groups is 2. The minimum Gasteiger partial charge on any atom is -0.479 e. The molecule has 0 aliphatic carbocycles. The molecule has 1 saturated heterocycles. The highest BCUT2D eigenvalue weighted by Crippen LogP contribution is 2.31. The van der Waals surface area contributed by atoms with E-state index in [9.17, 15) is 22.8 Å². The van der Waals surface area contributed by atoms with Crippen LogP contribution in [-0.4, -0.2) is 41.8 Å². The fraction of sp³-hybridized carbons (Fsp3) is 0.846. The molecule has 0 aromatic heterocycles. The summed E-state index contributed by atoms with van der Waals surface area (Å²) in [6, 6.07) is 0. The molecular weight excluding hydrogens is 289 g/mol. The minimum atomic E-state index is -5.05. The van der Waals surface area contributed by atoms with Crippen molar-refractivity contribution < 1.29 is 27.9 Å². The number of carbonyl (C=O) groups excluding carboxylic acids is 1. The number of hydrogen-bond donors (Lipinski definition) is 3. The summed E-state index contributed by atoms with van der Waals surface area (Å²) in [6.45, 7) is 3.88. The van der Waals surface area contributed by atoms with Crippen LogP contribution in [-0.2, 0) is 9.59 Å². The molecule has 0 aromatic rings. The number of halogens is 3. The van der Waals surface area contributed by atoms with Gasteiger partial charge in [-0.2, -0.15) is 13.2 Å². The fourth-order valence-electron chi connectivity index (χ4n) is 2.40. The Kier molecular flexibility index (Phi) is 5.61. The molecule has 0 saturated carbocycles. The minimum absolute atomic E-state index is 0.107. The third kappa shape index (κ3) is 4.33. The second kappa shape index (κ2) is 6.64. The summed E-state index contributed by atoms with van der Waals surface area (Å²) in [5.41, 5.74) is -3.26. The Balaban J connectivity index is 2.64. The van der Waals surface area contributed by atoms with Gasteiger partial charge in [0, 0.05) is 6.42 Å². The van der Waals surface area contributed by atoms with Crippen molar-refractivity contribution in [1.29, 1.82) is 0 Å². The molecule has 1 heterocycles. The Morgan fingerprint density at radius 3 is 2.48 bits per heavy atom. The molecule has 21 heavy (non-hydrogen) atoms. The second-order valence-corrected chi connectivity index (χ2v) is 5.76. The first-order chi connectivity index (χ1) is 9.58. The average molecular weight is 310 g/mol. The number of alkyl halides is 3. The zero-order chi connectivity index (χ0) is 16.3. The van der Waals surface area contributed by atoms with Gasteiger partial charge in [-0.3, -0.25) is 4.79 Å². The molecule has 1 aliphatic rings. The van der Waals surface area contributed by atoms with Crippen LogP contribution in [0.2, 0.25) is 0 Å². The van der Waals surface area contributed by atoms with Gasteiger partial charge in [0.25, 0.3) is 0 Å². The number of rotatable bonds is 5. The van der Waals surface area contributed by atoms with Crippen LogP contribution in [0.3, 0.4) is 0 Å². The van der Waals surface area contributed by atoms with E-state index in [4.69, 9.17) is 5.11 Å². The zero-order valence-electron chi connectivity index (χ0n) is 12.1. The van der Waals surface area contributed by atoms with Crippen molar-refractivity contribution in [3.63, 3.8) is 0 Å². The molecule has 5 nitrogen and oxygen atoms in total. The van der Waals surface area contributed by atoms with Crippen molar-refractivity contribution in [1.82, 2.24) is 10.6 Å². The molecule has 0 aromatic carbocycles. The van der Waals surface area contributed by atoms with E-state index in [-0.39, 0.29) is 18.3 Å². The standard InChI is InChI=1S/C13H21F3N2O3/c1-8(9-4-3-5-17-7-9)6-10(19)18-12(2,11(20)21)13(14,15)16/h8-9,17H,3-7H2,1-2H3,(H,18,19)(H,20,21). The van der Waals surface area contributed by atoms with Gasteiger partial charge in [0.1, 0.15) is 0 Å². The molecule has 1 amide bonds. The molecule has 3 atom stereocenters. The number of amides is 1. The normalized spacial score (nSPS) is 24.0. The van der Waals surface area contributed by atoms with Crippen LogP contribution in [0.15, 0.2) is 0 Å². The monoisotopic (exact) mass is 310 g/mol. The van der Waals surface area contributed by atoms with Gasteiger partial charge in [-0.15, -0.1) is 0 Å². The van der Waals surface area contributed by atoms with Gasteiger partial charge >= 0.3 is 12.1 Å². The van der Waals surface area contributed by atoms with Gasteiger partial charge in [-0.1, -0.05) is 6.92 Å². The summed E-state index contributed by atoms with van der Waals surface area (Å²) in [5.74, 6) is -2.90. The Labute approximate surface area is 121 Å². The summed E-state index contributed by atoms with van der Waals surface area (Å²) in [5, 5.41) is 13.5. The van der Waals surface area contributed by atoms with E-state index in [0.717, 1.165) is 25.9 Å². The molecule has 3 unspecified atom stereocenters. The molecule has 0 spiro atoms. The van der Waals surface area contributed by atoms with E-state index in [1.54, 1.807) is 12.2 Å². The number of carboxylic acids is 1. The molecule has 0 radical (unpaired) electrons. The van der Waals surface area contributed by atoms with Crippen molar-refractivity contribution >= 4 is 11.9 Å². The van der Waals surface area contributed by atoms with E-state index >= 15 is 0 Å². The van der Waals surface area contributed by atoms with Crippen LogP contribution in [0.4, 0.5) is 13.2 Å². The number of carboxylic acid groups (broad SMARTS) is 1. The molecule has 3 N–H and O–H groups in total. The fourth-order valence-corrected chi connectivity index (χ4v) is 2.40. The highest BCUT2D eigenvalue weighted by Gasteiger charge is 2.58. The summed E-state index contributed by atoms with van der Waals surface area (Å²) < 4.78 is 38.4. The van der Waals surface area contributed by atoms with E-state index < -0.39 is 23.6 Å². The van der Waals surface area contributed by atoms with Crippen molar-refractivity contribution in [3.05, 3.63) is 0 Å². The molecule has 1 rings (SSSR count). The summed E-state index contributed by atoms with van der Waals surface area (Å²) in [6.07, 6.45) is -3.29. The topological polar surface area (TPSA) is 78.4 Å². The summed E-state index contributed by atoms with van der Waals surface area (Å²) in [7, 11) is 0. The lowest BCUT2D eigenvalue weighted by Crippen LogP contribution is -2.62. The molecule has 0 bridgehead atoms. The first-order valence-corrected chi connectivity index (χ1v) is 6.89. The third-order valence-corrected chi connectivity index (χ3v) is 4.03. The zero-order valence-corrected chi connectivity index (χ0v) is 12.1. The van der Waals surface area contributed by atoms with Crippen molar-refractivity contribution in [2.24, 2.45) is 11.8 Å². The SMILES string of the molecule is CC(CC(=O)NC(C)(C(=O)O)C(F)(F)F)C1CCCNC1. The first kappa shape index (κ1) is 17.7. The predicted molar refractivity (Wildman–Crippen MR) is 69.6 cm³/mol. The lowest BCUT2D eigenvalue weighted by molar-refractivity contribution is -0.207. The Morgan fingerprint density at radius 1 is 1.43 bits per heavy atom. The maximum absolute atomic E-state index is 12.8. The Bertz CT molecular complexity index is 395. The van der Waals surface area contributed by atoms with Crippen LogP contribution in [0, 0.1) is 11.8 Å². The van der Waals surface area contributed by atoms with Gasteiger partial charge in [0.05, 0.1) is 0 Å². The van der Waals surface area contributed by atoms with E-state index in [1.165, 1.54) is 0 Å². The summed E-state index contributed by atoms with van der Waals surface area (Å²) >= 11 is 0. The maximum atomic E-state index is 12.8. The van der Waals surface area contributed by atoms with Crippen LogP contribution in [0.25, 0.3) is 0 Å². The number of hydrogen-bond acceptors (Lipinski definition) is 3. The Hall–Kier alpha value is -1.31. The van der Waals surface area contributed by atoms with Crippen molar-refractivity contribution in [2.75, 3.05) is 13.1 Å². The highest BCUT2D eigenvalue weighted by molar-refractivity contribution is 5.87. The van der Waals surface area contributed by atoms with Gasteiger partial charge in [-0.05, 0) is 44.7 Å². The van der Waals surface area contributed by atoms with Gasteiger partial charge in [0.15, 0.2) is 0 Å². The van der Waals surface area contributed by atoms with E-state index in [1.807, 2.05) is 0 Å². The molecule has 1 aliphatic heterocycles. The van der Waals surface area contributed by atoms with E-state index in [2.05, 4.69) is 5.32 Å². The van der Waals surface area contributed by atoms with Crippen LogP contribution in [0.5, 0.6) is 0 Å². The quantitative estimate of drug-likeness (QED) is 0.720. The van der Waals surface area contributed by atoms with Crippen LogP contribution < -0.4 is 10.6 Å². The van der Waals surface area contributed by atoms with Crippen LogP contribution in [0.1, 0.15) is 33.1 Å². The molecular formula is C13H21F3N2O3. The number of piperidine rings is 1. The first-order valence-electron chi connectivity index (χ1n) is 6.89. The van der Waals surface area contributed by atoms with Crippen molar-refractivity contribution in [2.45, 2.75) is 44.8 Å². The lowest BCUT2D eigenvalue weighted by atomic mass is 9.85. The maximum Gasteiger partial charge on any atom is 0.422 e. The average Bonchev–Trinajstić information content (AvgIpc) is 2.37. The van der Waals surface area contributed by atoms with Crippen LogP contribution >= 0.6 is 0 Å². The van der Waals surface area contributed by atoms with Gasteiger partial charge in [-0.25, -0.2) is 4.79 Å². The molecule has 1 fully saturated rings. The molecule has 122 valence electrons. The van der Waals surface area contributed by atoms with E-state index in [0.29, 0.717) is 6.92 Å². The van der Waals surface area contributed by atoms with Gasteiger partial charge in [0.2, 0.25) is 11.4 Å². The largest absolute Gasteiger partial charge is 0.479 e. The highest BCUT2D eigenvalue weighted by atomic mass is 19.4. The predicted octanol–water partition coefficient (Wildman–Crippen LogP) is 1.53.